The highest BCUT2D eigenvalue weighted by Gasteiger charge is 2.07. The minimum atomic E-state index is 0.191. The summed E-state index contributed by atoms with van der Waals surface area (Å²) < 4.78 is 0.737. The summed E-state index contributed by atoms with van der Waals surface area (Å²) in [5, 5.41) is 10.5. The summed E-state index contributed by atoms with van der Waals surface area (Å²) in [5.41, 5.74) is 0.854. The molecule has 0 amide bonds. The largest absolute Gasteiger partial charge is 0.506 e. The van der Waals surface area contributed by atoms with Crippen molar-refractivity contribution in [2.45, 2.75) is 5.88 Å². The fraction of sp³-hybridized carbons (Fsp3) is 0.100. The smallest absolute Gasteiger partial charge is 0.160 e. The van der Waals surface area contributed by atoms with E-state index in [0.717, 1.165) is 21.9 Å². The van der Waals surface area contributed by atoms with Gasteiger partial charge in [-0.3, -0.25) is 4.79 Å². The molecule has 0 fully saturated rings. The predicted octanol–water partition coefficient (Wildman–Crippen LogP) is 3.16. The fourth-order valence-electron chi connectivity index (χ4n) is 1.35. The second-order valence-corrected chi connectivity index (χ2v) is 4.28. The van der Waals surface area contributed by atoms with Gasteiger partial charge in [0.15, 0.2) is 6.29 Å². The Balaban J connectivity index is 2.73. The van der Waals surface area contributed by atoms with Crippen LogP contribution >= 0.6 is 22.9 Å². The Kier molecular flexibility index (Phi) is 2.44. The molecule has 0 unspecified atom stereocenters. The Labute approximate surface area is 89.7 Å². The summed E-state index contributed by atoms with van der Waals surface area (Å²) >= 11 is 6.94. The Morgan fingerprint density at radius 2 is 2.21 bits per heavy atom. The first-order valence-corrected chi connectivity index (χ1v) is 5.36. The molecule has 1 heterocycles. The van der Waals surface area contributed by atoms with Crippen LogP contribution in [0.4, 0.5) is 0 Å². The highest BCUT2D eigenvalue weighted by Crippen LogP contribution is 2.33. The lowest BCUT2D eigenvalue weighted by Gasteiger charge is -1.98. The number of hydrogen-bond acceptors (Lipinski definition) is 3. The summed E-state index contributed by atoms with van der Waals surface area (Å²) in [6.45, 7) is 0. The maximum absolute atomic E-state index is 10.5. The van der Waals surface area contributed by atoms with Gasteiger partial charge in [-0.25, -0.2) is 0 Å². The van der Waals surface area contributed by atoms with Crippen LogP contribution in [0.2, 0.25) is 0 Å². The Hall–Kier alpha value is -1.06. The number of aromatic hydroxyl groups is 1. The molecule has 0 spiro atoms. The quantitative estimate of drug-likeness (QED) is 0.631. The summed E-state index contributed by atoms with van der Waals surface area (Å²) in [7, 11) is 0. The van der Waals surface area contributed by atoms with E-state index in [1.807, 2.05) is 6.07 Å². The van der Waals surface area contributed by atoms with Crippen LogP contribution < -0.4 is 0 Å². The molecule has 0 aliphatic heterocycles. The van der Waals surface area contributed by atoms with Gasteiger partial charge >= 0.3 is 0 Å². The summed E-state index contributed by atoms with van der Waals surface area (Å²) in [4.78, 5) is 11.2. The SMILES string of the molecule is O=Cc1cc2cc(CCl)cc(O)c2s1. The van der Waals surface area contributed by atoms with Crippen LogP contribution in [0.25, 0.3) is 10.1 Å². The molecular formula is C10H7ClO2S. The number of alkyl halides is 1. The standard InChI is InChI=1S/C10H7ClO2S/c11-4-6-1-7-3-8(5-12)14-10(7)9(13)2-6/h1-3,5,13H,4H2. The van der Waals surface area contributed by atoms with Gasteiger partial charge in [0.25, 0.3) is 0 Å². The molecule has 14 heavy (non-hydrogen) atoms. The number of fused-ring (bicyclic) bond motifs is 1. The number of phenolic OH excluding ortho intramolecular Hbond substituents is 1. The third kappa shape index (κ3) is 1.49. The van der Waals surface area contributed by atoms with Crippen molar-refractivity contribution >= 4 is 39.3 Å². The zero-order valence-corrected chi connectivity index (χ0v) is 8.73. The molecule has 0 bridgehead atoms. The van der Waals surface area contributed by atoms with Crippen molar-refractivity contribution in [3.8, 4) is 5.75 Å². The molecule has 2 aromatic rings. The van der Waals surface area contributed by atoms with Crippen LogP contribution in [-0.2, 0) is 5.88 Å². The molecule has 0 radical (unpaired) electrons. The number of phenols is 1. The average molecular weight is 227 g/mol. The van der Waals surface area contributed by atoms with Gasteiger partial charge in [0, 0.05) is 5.88 Å². The first-order chi connectivity index (χ1) is 6.74. The van der Waals surface area contributed by atoms with Gasteiger partial charge in [-0.1, -0.05) is 0 Å². The molecule has 1 aromatic carbocycles. The second kappa shape index (κ2) is 3.59. The van der Waals surface area contributed by atoms with Crippen molar-refractivity contribution in [3.05, 3.63) is 28.6 Å². The van der Waals surface area contributed by atoms with E-state index in [2.05, 4.69) is 0 Å². The Morgan fingerprint density at radius 3 is 2.86 bits per heavy atom. The van der Waals surface area contributed by atoms with E-state index in [1.165, 1.54) is 11.3 Å². The molecule has 0 aliphatic rings. The van der Waals surface area contributed by atoms with Gasteiger partial charge in [-0.2, -0.15) is 0 Å². The van der Waals surface area contributed by atoms with Crippen LogP contribution in [0.5, 0.6) is 5.75 Å². The van der Waals surface area contributed by atoms with E-state index in [9.17, 15) is 9.90 Å². The molecule has 2 rings (SSSR count). The first-order valence-electron chi connectivity index (χ1n) is 4.01. The molecule has 0 atom stereocenters. The average Bonchev–Trinajstić information content (AvgIpc) is 2.61. The van der Waals surface area contributed by atoms with E-state index < -0.39 is 0 Å². The number of hydrogen-bond donors (Lipinski definition) is 1. The van der Waals surface area contributed by atoms with Gasteiger partial charge in [-0.05, 0) is 29.1 Å². The van der Waals surface area contributed by atoms with Crippen molar-refractivity contribution in [2.75, 3.05) is 0 Å². The van der Waals surface area contributed by atoms with Gasteiger partial charge in [-0.15, -0.1) is 22.9 Å². The van der Waals surface area contributed by atoms with Crippen LogP contribution in [0.3, 0.4) is 0 Å². The third-order valence-corrected chi connectivity index (χ3v) is 3.35. The summed E-state index contributed by atoms with van der Waals surface area (Å²) in [6, 6.07) is 5.26. The number of carbonyl (C=O) groups is 1. The van der Waals surface area contributed by atoms with Crippen molar-refractivity contribution in [1.82, 2.24) is 0 Å². The van der Waals surface area contributed by atoms with Gasteiger partial charge < -0.3 is 5.11 Å². The lowest BCUT2D eigenvalue weighted by molar-refractivity contribution is 0.112. The molecule has 72 valence electrons. The van der Waals surface area contributed by atoms with Crippen LogP contribution in [-0.4, -0.2) is 11.4 Å². The van der Waals surface area contributed by atoms with Crippen molar-refractivity contribution < 1.29 is 9.90 Å². The van der Waals surface area contributed by atoms with E-state index in [-0.39, 0.29) is 5.75 Å². The van der Waals surface area contributed by atoms with Crippen molar-refractivity contribution in [2.24, 2.45) is 0 Å². The van der Waals surface area contributed by atoms with Crippen molar-refractivity contribution in [3.63, 3.8) is 0 Å². The maximum Gasteiger partial charge on any atom is 0.160 e. The maximum atomic E-state index is 10.5. The molecule has 1 N–H and O–H groups in total. The highest BCUT2D eigenvalue weighted by molar-refractivity contribution is 7.20. The first kappa shape index (κ1) is 9.49. The number of rotatable bonds is 2. The minimum absolute atomic E-state index is 0.191. The van der Waals surface area contributed by atoms with E-state index in [1.54, 1.807) is 12.1 Å². The highest BCUT2D eigenvalue weighted by atomic mass is 35.5. The van der Waals surface area contributed by atoms with Gasteiger partial charge in [0.05, 0.1) is 9.58 Å². The molecule has 4 heteroatoms. The van der Waals surface area contributed by atoms with Gasteiger partial charge in [0.1, 0.15) is 5.75 Å². The van der Waals surface area contributed by atoms with Gasteiger partial charge in [0.2, 0.25) is 0 Å². The minimum Gasteiger partial charge on any atom is -0.506 e. The topological polar surface area (TPSA) is 37.3 Å². The number of thiophene rings is 1. The Bertz CT molecular complexity index is 490. The lowest BCUT2D eigenvalue weighted by Crippen LogP contribution is -1.76. The van der Waals surface area contributed by atoms with Crippen LogP contribution in [0.1, 0.15) is 15.2 Å². The fourth-order valence-corrected chi connectivity index (χ4v) is 2.37. The molecule has 2 nitrogen and oxygen atoms in total. The second-order valence-electron chi connectivity index (χ2n) is 2.93. The molecule has 0 saturated carbocycles. The van der Waals surface area contributed by atoms with Crippen LogP contribution in [0.15, 0.2) is 18.2 Å². The molecule has 0 saturated heterocycles. The summed E-state index contributed by atoms with van der Waals surface area (Å²) in [6.07, 6.45) is 0.782. The molecular weight excluding hydrogens is 220 g/mol. The normalized spacial score (nSPS) is 10.6. The number of aldehydes is 1. The number of benzene rings is 1. The zero-order valence-electron chi connectivity index (χ0n) is 7.16. The van der Waals surface area contributed by atoms with E-state index >= 15 is 0 Å². The lowest BCUT2D eigenvalue weighted by atomic mass is 10.2. The zero-order chi connectivity index (χ0) is 10.1. The third-order valence-electron chi connectivity index (χ3n) is 1.95. The number of halogens is 1. The molecule has 1 aromatic heterocycles. The Morgan fingerprint density at radius 1 is 1.43 bits per heavy atom. The van der Waals surface area contributed by atoms with Crippen molar-refractivity contribution in [1.29, 1.82) is 0 Å². The number of carbonyl (C=O) groups excluding carboxylic acids is 1. The monoisotopic (exact) mass is 226 g/mol. The molecule has 0 aliphatic carbocycles. The van der Waals surface area contributed by atoms with E-state index in [4.69, 9.17) is 11.6 Å². The summed E-state index contributed by atoms with van der Waals surface area (Å²) in [5.74, 6) is 0.548. The predicted molar refractivity (Wildman–Crippen MR) is 58.4 cm³/mol. The van der Waals surface area contributed by atoms with Crippen LogP contribution in [0, 0.1) is 0 Å². The van der Waals surface area contributed by atoms with E-state index in [0.29, 0.717) is 10.8 Å².